The van der Waals surface area contributed by atoms with Crippen molar-refractivity contribution in [1.82, 2.24) is 0 Å². The fraction of sp³-hybridized carbons (Fsp3) is 0.276. The highest BCUT2D eigenvalue weighted by Crippen LogP contribution is 2.35. The molecular weight excluding hydrogens is 447 g/mol. The lowest BCUT2D eigenvalue weighted by atomic mass is 9.96. The predicted molar refractivity (Wildman–Crippen MR) is 135 cm³/mol. The smallest absolute Gasteiger partial charge is 0.304 e. The average molecular weight is 479 g/mol. The van der Waals surface area contributed by atoms with Gasteiger partial charge in [0.1, 0.15) is 29.7 Å². The molecular formula is C29H31FO5. The van der Waals surface area contributed by atoms with Gasteiger partial charge in [0.05, 0.1) is 20.1 Å². The van der Waals surface area contributed by atoms with E-state index in [1.54, 1.807) is 25.3 Å². The number of hydrogen-bond donors (Lipinski definition) is 1. The summed E-state index contributed by atoms with van der Waals surface area (Å²) in [6, 6.07) is 17.5. The van der Waals surface area contributed by atoms with E-state index in [1.807, 2.05) is 42.5 Å². The minimum absolute atomic E-state index is 0.0340. The van der Waals surface area contributed by atoms with Crippen LogP contribution >= 0.6 is 0 Å². The monoisotopic (exact) mass is 478 g/mol. The van der Waals surface area contributed by atoms with Gasteiger partial charge in [-0.3, -0.25) is 4.79 Å². The van der Waals surface area contributed by atoms with Crippen LogP contribution in [-0.2, 0) is 11.4 Å². The molecule has 1 N–H and O–H groups in total. The number of allylic oxidation sites excluding steroid dienone is 1. The Morgan fingerprint density at radius 3 is 2.60 bits per heavy atom. The summed E-state index contributed by atoms with van der Waals surface area (Å²) in [5.74, 6) is 0.222. The third-order valence-electron chi connectivity index (χ3n) is 5.64. The van der Waals surface area contributed by atoms with Gasteiger partial charge in [0, 0.05) is 17.0 Å². The summed E-state index contributed by atoms with van der Waals surface area (Å²) in [6.07, 6.45) is 3.46. The third kappa shape index (κ3) is 7.09. The van der Waals surface area contributed by atoms with Crippen molar-refractivity contribution in [2.45, 2.75) is 38.7 Å². The van der Waals surface area contributed by atoms with Gasteiger partial charge in [-0.1, -0.05) is 43.7 Å². The zero-order chi connectivity index (χ0) is 25.2. The Labute approximate surface area is 205 Å². The molecule has 6 heteroatoms. The fourth-order valence-corrected chi connectivity index (χ4v) is 3.69. The van der Waals surface area contributed by atoms with Crippen LogP contribution in [0.2, 0.25) is 0 Å². The van der Waals surface area contributed by atoms with E-state index in [0.717, 1.165) is 24.0 Å². The van der Waals surface area contributed by atoms with Gasteiger partial charge in [0.15, 0.2) is 0 Å². The van der Waals surface area contributed by atoms with Crippen molar-refractivity contribution in [1.29, 1.82) is 0 Å². The van der Waals surface area contributed by atoms with Gasteiger partial charge in [-0.25, -0.2) is 4.39 Å². The largest absolute Gasteiger partial charge is 0.497 e. The van der Waals surface area contributed by atoms with Crippen LogP contribution < -0.4 is 14.2 Å². The number of benzene rings is 3. The van der Waals surface area contributed by atoms with Crippen molar-refractivity contribution in [3.05, 3.63) is 90.3 Å². The van der Waals surface area contributed by atoms with Crippen LogP contribution in [0.4, 0.5) is 4.39 Å². The molecule has 3 rings (SSSR count). The number of carbonyl (C=O) groups is 1. The molecule has 35 heavy (non-hydrogen) atoms. The van der Waals surface area contributed by atoms with Crippen LogP contribution in [0.3, 0.4) is 0 Å². The molecule has 0 fully saturated rings. The first-order valence-electron chi connectivity index (χ1n) is 11.6. The molecule has 3 aromatic rings. The normalized spacial score (nSPS) is 11.5. The molecule has 5 nitrogen and oxygen atoms in total. The van der Waals surface area contributed by atoms with Crippen LogP contribution in [0, 0.1) is 5.82 Å². The number of carboxylic acid groups (broad SMARTS) is 1. The number of rotatable bonds is 13. The highest BCUT2D eigenvalue weighted by molar-refractivity contribution is 5.72. The Bertz CT molecular complexity index is 1160. The molecule has 3 aromatic carbocycles. The van der Waals surface area contributed by atoms with Crippen LogP contribution in [0.25, 0.3) is 11.1 Å². The first kappa shape index (κ1) is 25.8. The van der Waals surface area contributed by atoms with E-state index >= 15 is 0 Å². The zero-order valence-corrected chi connectivity index (χ0v) is 20.1. The molecule has 184 valence electrons. The highest BCUT2D eigenvalue weighted by atomic mass is 19.1. The summed E-state index contributed by atoms with van der Waals surface area (Å²) in [7, 11) is 1.55. The van der Waals surface area contributed by atoms with Crippen molar-refractivity contribution < 1.29 is 28.5 Å². The van der Waals surface area contributed by atoms with Crippen molar-refractivity contribution in [3.8, 4) is 28.4 Å². The molecule has 0 heterocycles. The number of unbranched alkanes of at least 4 members (excludes halogenated alkanes) is 1. The fourth-order valence-electron chi connectivity index (χ4n) is 3.69. The van der Waals surface area contributed by atoms with E-state index in [-0.39, 0.29) is 24.8 Å². The Hall–Kier alpha value is -3.80. The van der Waals surface area contributed by atoms with Crippen LogP contribution in [-0.4, -0.2) is 24.8 Å². The van der Waals surface area contributed by atoms with Crippen molar-refractivity contribution >= 4 is 5.97 Å². The van der Waals surface area contributed by atoms with E-state index in [4.69, 9.17) is 19.3 Å². The quantitative estimate of drug-likeness (QED) is 0.212. The topological polar surface area (TPSA) is 65.0 Å². The van der Waals surface area contributed by atoms with Gasteiger partial charge in [-0.2, -0.15) is 0 Å². The molecule has 0 aliphatic rings. The van der Waals surface area contributed by atoms with Crippen molar-refractivity contribution in [2.75, 3.05) is 13.7 Å². The van der Waals surface area contributed by atoms with E-state index in [9.17, 15) is 9.18 Å². The second kappa shape index (κ2) is 12.6. The minimum atomic E-state index is -0.885. The summed E-state index contributed by atoms with van der Waals surface area (Å²) in [5, 5.41) is 9.13. The molecule has 1 atom stereocenters. The maximum Gasteiger partial charge on any atom is 0.304 e. The lowest BCUT2D eigenvalue weighted by Crippen LogP contribution is -2.04. The lowest BCUT2D eigenvalue weighted by molar-refractivity contribution is -0.137. The molecule has 0 spiro atoms. The van der Waals surface area contributed by atoms with Gasteiger partial charge in [-0.15, -0.1) is 6.58 Å². The Morgan fingerprint density at radius 1 is 1.06 bits per heavy atom. The molecule has 0 saturated heterocycles. The Morgan fingerprint density at radius 2 is 1.89 bits per heavy atom. The number of methoxy groups -OCH3 is 1. The Balaban J connectivity index is 1.83. The highest BCUT2D eigenvalue weighted by Gasteiger charge is 2.15. The molecule has 0 bridgehead atoms. The van der Waals surface area contributed by atoms with Crippen LogP contribution in [0.5, 0.6) is 17.2 Å². The number of carboxylic acids is 1. The molecule has 0 amide bonds. The van der Waals surface area contributed by atoms with Gasteiger partial charge < -0.3 is 19.3 Å². The average Bonchev–Trinajstić information content (AvgIpc) is 2.87. The summed E-state index contributed by atoms with van der Waals surface area (Å²) < 4.78 is 31.9. The first-order chi connectivity index (χ1) is 16.9. The first-order valence-corrected chi connectivity index (χ1v) is 11.6. The van der Waals surface area contributed by atoms with E-state index < -0.39 is 5.97 Å². The van der Waals surface area contributed by atoms with Crippen LogP contribution in [0.15, 0.2) is 73.3 Å². The summed E-state index contributed by atoms with van der Waals surface area (Å²) >= 11 is 0. The van der Waals surface area contributed by atoms with Crippen LogP contribution in [0.1, 0.15) is 43.2 Å². The van der Waals surface area contributed by atoms with E-state index in [1.165, 1.54) is 6.07 Å². The number of halogens is 1. The Kier molecular flexibility index (Phi) is 9.30. The summed E-state index contributed by atoms with van der Waals surface area (Å²) in [4.78, 5) is 11.1. The third-order valence-corrected chi connectivity index (χ3v) is 5.64. The minimum Gasteiger partial charge on any atom is -0.497 e. The molecule has 0 unspecified atom stereocenters. The lowest BCUT2D eigenvalue weighted by Gasteiger charge is -2.16. The predicted octanol–water partition coefficient (Wildman–Crippen LogP) is 7.00. The second-order valence-electron chi connectivity index (χ2n) is 8.18. The maximum absolute atomic E-state index is 14.7. The van der Waals surface area contributed by atoms with Gasteiger partial charge in [-0.05, 0) is 53.9 Å². The molecule has 0 aliphatic heterocycles. The molecule has 0 saturated carbocycles. The standard InChI is InChI=1S/C29H31FO5/c1-4-6-14-34-28-15-20(10-12-25(28)26-18-23(33-3)11-13-27(26)30)19-35-24-9-7-8-22(16-24)21(5-2)17-29(31)32/h5,7-13,15-16,18,21H,2,4,6,14,17,19H2,1,3H3,(H,31,32)/t21-/m0/s1. The van der Waals surface area contributed by atoms with Gasteiger partial charge >= 0.3 is 5.97 Å². The van der Waals surface area contributed by atoms with E-state index in [2.05, 4.69) is 13.5 Å². The number of ether oxygens (including phenoxy) is 3. The molecule has 0 aromatic heterocycles. The maximum atomic E-state index is 14.7. The SMILES string of the molecule is C=C[C@@H](CC(=O)O)c1cccc(OCc2ccc(-c3cc(OC)ccc3F)c(OCCCC)c2)c1. The summed E-state index contributed by atoms with van der Waals surface area (Å²) in [5.41, 5.74) is 2.74. The zero-order valence-electron chi connectivity index (χ0n) is 20.1. The van der Waals surface area contributed by atoms with Crippen molar-refractivity contribution in [2.24, 2.45) is 0 Å². The van der Waals surface area contributed by atoms with Crippen molar-refractivity contribution in [3.63, 3.8) is 0 Å². The second-order valence-corrected chi connectivity index (χ2v) is 8.18. The van der Waals surface area contributed by atoms with Gasteiger partial charge in [0.2, 0.25) is 0 Å². The molecule has 0 radical (unpaired) electrons. The number of aliphatic carboxylic acids is 1. The summed E-state index contributed by atoms with van der Waals surface area (Å²) in [6.45, 7) is 6.62. The van der Waals surface area contributed by atoms with Gasteiger partial charge in [0.25, 0.3) is 0 Å². The molecule has 0 aliphatic carbocycles. The van der Waals surface area contributed by atoms with E-state index in [0.29, 0.717) is 35.0 Å². The number of hydrogen-bond acceptors (Lipinski definition) is 4.